The molecule has 0 aromatic heterocycles. The van der Waals surface area contributed by atoms with Gasteiger partial charge in [-0.1, -0.05) is 18.1 Å². The van der Waals surface area contributed by atoms with Crippen molar-refractivity contribution in [3.63, 3.8) is 0 Å². The molecular formula is C21H36O5. The number of fused-ring (bicyclic) bond motifs is 1. The third-order valence-electron chi connectivity index (χ3n) is 7.23. The molecule has 3 aliphatic rings. The van der Waals surface area contributed by atoms with Crippen LogP contribution in [-0.2, 0) is 9.47 Å². The first-order valence-electron chi connectivity index (χ1n) is 10.1. The fourth-order valence-electron chi connectivity index (χ4n) is 5.20. The lowest BCUT2D eigenvalue weighted by atomic mass is 9.59. The summed E-state index contributed by atoms with van der Waals surface area (Å²) in [6.45, 7) is 10.5. The summed E-state index contributed by atoms with van der Waals surface area (Å²) in [6.07, 6.45) is 1.95. The highest BCUT2D eigenvalue weighted by molar-refractivity contribution is 5.26. The van der Waals surface area contributed by atoms with Crippen molar-refractivity contribution in [2.75, 3.05) is 0 Å². The zero-order valence-corrected chi connectivity index (χ0v) is 16.9. The fraction of sp³-hybridized carbons (Fsp3) is 0.905. The van der Waals surface area contributed by atoms with E-state index in [1.54, 1.807) is 18.1 Å². The minimum absolute atomic E-state index is 0.338. The average molecular weight is 369 g/mol. The summed E-state index contributed by atoms with van der Waals surface area (Å²) < 4.78 is 11.9. The summed E-state index contributed by atoms with van der Waals surface area (Å²) in [7, 11) is 0. The lowest BCUT2D eigenvalue weighted by molar-refractivity contribution is -0.323. The Balaban J connectivity index is 1.72. The number of rotatable bonds is 3. The largest absolute Gasteiger partial charge is 0.388 e. The van der Waals surface area contributed by atoms with E-state index in [2.05, 4.69) is 27.7 Å². The molecule has 0 aromatic carbocycles. The van der Waals surface area contributed by atoms with Crippen LogP contribution in [0.2, 0.25) is 0 Å². The second-order valence-corrected chi connectivity index (χ2v) is 9.52. The zero-order valence-electron chi connectivity index (χ0n) is 16.9. The molecule has 2 aliphatic carbocycles. The van der Waals surface area contributed by atoms with E-state index < -0.39 is 36.3 Å². The van der Waals surface area contributed by atoms with Gasteiger partial charge in [0.05, 0.1) is 11.7 Å². The Bertz CT molecular complexity index is 557. The van der Waals surface area contributed by atoms with Crippen LogP contribution in [0.4, 0.5) is 0 Å². The van der Waals surface area contributed by atoms with Gasteiger partial charge in [-0.2, -0.15) is 0 Å². The molecule has 150 valence electrons. The van der Waals surface area contributed by atoms with Crippen molar-refractivity contribution in [3.8, 4) is 0 Å². The Morgan fingerprint density at radius 1 is 1.12 bits per heavy atom. The van der Waals surface area contributed by atoms with E-state index in [0.717, 1.165) is 12.8 Å². The smallest absolute Gasteiger partial charge is 0.187 e. The first-order chi connectivity index (χ1) is 12.0. The summed E-state index contributed by atoms with van der Waals surface area (Å²) in [4.78, 5) is 0. The summed E-state index contributed by atoms with van der Waals surface area (Å²) >= 11 is 0. The standard InChI is InChI=1S/C21H36O5/c1-12-7-6-9-21(5)10-8-14(11-15(12)21)20(3,4)26-19-18(24)17(23)16(22)13(2)25-19/h13-14,16-19,22-24H,6-11H2,1-5H3/t13-,14+,16-,17-,18+,19-,21+/m0/s1. The molecule has 1 heterocycles. The van der Waals surface area contributed by atoms with E-state index in [0.29, 0.717) is 11.3 Å². The van der Waals surface area contributed by atoms with Crippen molar-refractivity contribution < 1.29 is 24.8 Å². The molecule has 7 atom stereocenters. The van der Waals surface area contributed by atoms with E-state index in [1.807, 2.05) is 0 Å². The molecule has 0 amide bonds. The lowest BCUT2D eigenvalue weighted by Gasteiger charge is -2.49. The first-order valence-corrected chi connectivity index (χ1v) is 10.1. The topological polar surface area (TPSA) is 79.2 Å². The molecule has 0 radical (unpaired) electrons. The summed E-state index contributed by atoms with van der Waals surface area (Å²) in [5, 5.41) is 30.2. The van der Waals surface area contributed by atoms with Crippen LogP contribution in [-0.4, -0.2) is 51.6 Å². The average Bonchev–Trinajstić information content (AvgIpc) is 2.57. The number of hydrogen-bond donors (Lipinski definition) is 3. The van der Waals surface area contributed by atoms with Crippen molar-refractivity contribution in [2.45, 2.75) is 109 Å². The molecule has 0 aromatic rings. The Hall–Kier alpha value is -0.460. The molecule has 26 heavy (non-hydrogen) atoms. The van der Waals surface area contributed by atoms with Gasteiger partial charge in [0.2, 0.25) is 0 Å². The SMILES string of the molecule is CC1=C2C[C@H](C(C)(C)O[C@@H]3O[C@@H](C)[C@H](O)[C@H](O)[C@H]3O)CC[C@@]2(C)CCC1. The monoisotopic (exact) mass is 368 g/mol. The van der Waals surface area contributed by atoms with Crippen LogP contribution in [0.5, 0.6) is 0 Å². The van der Waals surface area contributed by atoms with Crippen molar-refractivity contribution in [1.29, 1.82) is 0 Å². The number of aliphatic hydroxyl groups excluding tert-OH is 3. The number of allylic oxidation sites excluding steroid dienone is 2. The van der Waals surface area contributed by atoms with E-state index >= 15 is 0 Å². The predicted octanol–water partition coefficient (Wildman–Crippen LogP) is 2.92. The molecule has 5 nitrogen and oxygen atoms in total. The van der Waals surface area contributed by atoms with Gasteiger partial charge < -0.3 is 24.8 Å². The maximum atomic E-state index is 10.3. The first kappa shape index (κ1) is 20.3. The van der Waals surface area contributed by atoms with Crippen molar-refractivity contribution in [2.24, 2.45) is 11.3 Å². The van der Waals surface area contributed by atoms with Gasteiger partial charge >= 0.3 is 0 Å². The highest BCUT2D eigenvalue weighted by Crippen LogP contribution is 2.53. The predicted molar refractivity (Wildman–Crippen MR) is 99.5 cm³/mol. The second kappa shape index (κ2) is 7.17. The van der Waals surface area contributed by atoms with Crippen LogP contribution >= 0.6 is 0 Å². The van der Waals surface area contributed by atoms with Gasteiger partial charge in [0.1, 0.15) is 18.3 Å². The number of ether oxygens (including phenoxy) is 2. The second-order valence-electron chi connectivity index (χ2n) is 9.52. The Labute approximate surface area is 157 Å². The molecule has 0 unspecified atom stereocenters. The molecule has 3 rings (SSSR count). The van der Waals surface area contributed by atoms with Crippen LogP contribution < -0.4 is 0 Å². The van der Waals surface area contributed by atoms with Gasteiger partial charge in [-0.15, -0.1) is 0 Å². The molecule has 0 bridgehead atoms. The van der Waals surface area contributed by atoms with Gasteiger partial charge in [-0.05, 0) is 77.6 Å². The number of aliphatic hydroxyl groups is 3. The van der Waals surface area contributed by atoms with Crippen LogP contribution in [0.25, 0.3) is 0 Å². The van der Waals surface area contributed by atoms with Crippen molar-refractivity contribution in [3.05, 3.63) is 11.1 Å². The fourth-order valence-corrected chi connectivity index (χ4v) is 5.20. The van der Waals surface area contributed by atoms with Crippen LogP contribution in [0, 0.1) is 11.3 Å². The van der Waals surface area contributed by atoms with Gasteiger partial charge in [0.25, 0.3) is 0 Å². The highest BCUT2D eigenvalue weighted by Gasteiger charge is 2.48. The van der Waals surface area contributed by atoms with Crippen LogP contribution in [0.1, 0.15) is 73.1 Å². The van der Waals surface area contributed by atoms with Crippen LogP contribution in [0.15, 0.2) is 11.1 Å². The molecule has 0 spiro atoms. The quantitative estimate of drug-likeness (QED) is 0.668. The minimum atomic E-state index is -1.25. The molecule has 1 saturated heterocycles. The van der Waals surface area contributed by atoms with E-state index in [-0.39, 0.29) is 0 Å². The Morgan fingerprint density at radius 2 is 1.81 bits per heavy atom. The molecule has 3 N–H and O–H groups in total. The Kier molecular flexibility index (Phi) is 5.59. The van der Waals surface area contributed by atoms with Crippen molar-refractivity contribution >= 4 is 0 Å². The van der Waals surface area contributed by atoms with Crippen LogP contribution in [0.3, 0.4) is 0 Å². The van der Waals surface area contributed by atoms with Gasteiger partial charge in [0, 0.05) is 0 Å². The third-order valence-corrected chi connectivity index (χ3v) is 7.23. The lowest BCUT2D eigenvalue weighted by Crippen LogP contribution is -2.59. The molecule has 1 aliphatic heterocycles. The molecule has 1 saturated carbocycles. The zero-order chi connectivity index (χ0) is 19.3. The summed E-state index contributed by atoms with van der Waals surface area (Å²) in [6, 6.07) is 0. The van der Waals surface area contributed by atoms with Gasteiger partial charge in [-0.25, -0.2) is 0 Å². The van der Waals surface area contributed by atoms with E-state index in [4.69, 9.17) is 9.47 Å². The Morgan fingerprint density at radius 3 is 2.50 bits per heavy atom. The van der Waals surface area contributed by atoms with Crippen molar-refractivity contribution in [1.82, 2.24) is 0 Å². The third kappa shape index (κ3) is 3.61. The minimum Gasteiger partial charge on any atom is -0.388 e. The summed E-state index contributed by atoms with van der Waals surface area (Å²) in [5.41, 5.74) is 3.00. The van der Waals surface area contributed by atoms with Gasteiger partial charge in [-0.3, -0.25) is 0 Å². The summed E-state index contributed by atoms with van der Waals surface area (Å²) in [5.74, 6) is 0.341. The number of hydrogen-bond acceptors (Lipinski definition) is 5. The molecule has 5 heteroatoms. The van der Waals surface area contributed by atoms with Gasteiger partial charge in [0.15, 0.2) is 6.29 Å². The molecule has 2 fully saturated rings. The highest BCUT2D eigenvalue weighted by atomic mass is 16.7. The maximum absolute atomic E-state index is 10.3. The van der Waals surface area contributed by atoms with E-state index in [1.165, 1.54) is 25.7 Å². The van der Waals surface area contributed by atoms with E-state index in [9.17, 15) is 15.3 Å². The molecular weight excluding hydrogens is 332 g/mol. The normalized spacial score (nSPS) is 44.8. The maximum Gasteiger partial charge on any atom is 0.187 e.